The molecule has 6 nitrogen and oxygen atoms in total. The largest absolute Gasteiger partial charge is 0.463 e. The number of ether oxygens (including phenoxy) is 4. The third-order valence-corrected chi connectivity index (χ3v) is 2.71. The highest BCUT2D eigenvalue weighted by Gasteiger charge is 2.25. The Kier molecular flexibility index (Phi) is 5.31. The average molecular weight is 282 g/mol. The van der Waals surface area contributed by atoms with Crippen molar-refractivity contribution >= 4 is 11.9 Å². The van der Waals surface area contributed by atoms with E-state index < -0.39 is 5.97 Å². The standard InChI is InChI=1S/C14H18O6/c1-2-3-10(14(16)20-9-12-7-18-12)4-5-13(15)19-8-11-6-17-11/h2-4,11-12H,5-9H2,1H3/b3-2-,10-4+. The van der Waals surface area contributed by atoms with Crippen LogP contribution in [0.5, 0.6) is 0 Å². The molecule has 6 heteroatoms. The van der Waals surface area contributed by atoms with Gasteiger partial charge in [0, 0.05) is 0 Å². The number of carbonyl (C=O) groups is 2. The van der Waals surface area contributed by atoms with Crippen LogP contribution in [0.2, 0.25) is 0 Å². The molecule has 0 bridgehead atoms. The predicted molar refractivity (Wildman–Crippen MR) is 68.9 cm³/mol. The van der Waals surface area contributed by atoms with Crippen molar-refractivity contribution in [2.24, 2.45) is 0 Å². The van der Waals surface area contributed by atoms with Crippen molar-refractivity contribution in [1.82, 2.24) is 0 Å². The molecule has 0 aromatic rings. The number of carbonyl (C=O) groups excluding carboxylic acids is 2. The predicted octanol–water partition coefficient (Wildman–Crippen LogP) is 0.763. The minimum absolute atomic E-state index is 0.0225. The molecule has 0 saturated carbocycles. The van der Waals surface area contributed by atoms with Gasteiger partial charge in [0.15, 0.2) is 0 Å². The van der Waals surface area contributed by atoms with Gasteiger partial charge < -0.3 is 18.9 Å². The molecule has 0 aromatic carbocycles. The second-order valence-corrected chi connectivity index (χ2v) is 4.56. The first-order chi connectivity index (χ1) is 9.69. The van der Waals surface area contributed by atoms with Gasteiger partial charge in [-0.1, -0.05) is 18.2 Å². The van der Waals surface area contributed by atoms with Crippen molar-refractivity contribution in [1.29, 1.82) is 0 Å². The van der Waals surface area contributed by atoms with Crippen molar-refractivity contribution in [2.75, 3.05) is 26.4 Å². The van der Waals surface area contributed by atoms with Gasteiger partial charge in [0.2, 0.25) is 0 Å². The van der Waals surface area contributed by atoms with Crippen LogP contribution in [0.25, 0.3) is 0 Å². The first-order valence-corrected chi connectivity index (χ1v) is 6.58. The van der Waals surface area contributed by atoms with Crippen molar-refractivity contribution in [3.8, 4) is 0 Å². The summed E-state index contributed by atoms with van der Waals surface area (Å²) in [6.45, 7) is 3.58. The van der Waals surface area contributed by atoms with Gasteiger partial charge in [-0.15, -0.1) is 0 Å². The number of epoxide rings is 2. The summed E-state index contributed by atoms with van der Waals surface area (Å²) in [6.07, 6.45) is 4.92. The van der Waals surface area contributed by atoms with Crippen molar-refractivity contribution < 1.29 is 28.5 Å². The summed E-state index contributed by atoms with van der Waals surface area (Å²) in [5.41, 5.74) is 0.341. The van der Waals surface area contributed by atoms with E-state index in [9.17, 15) is 9.59 Å². The molecule has 0 spiro atoms. The Morgan fingerprint density at radius 2 is 1.75 bits per heavy atom. The van der Waals surface area contributed by atoms with Crippen LogP contribution in [0.1, 0.15) is 13.3 Å². The van der Waals surface area contributed by atoms with E-state index in [1.54, 1.807) is 19.1 Å². The number of allylic oxidation sites excluding steroid dienone is 1. The number of rotatable bonds is 8. The maximum Gasteiger partial charge on any atom is 0.337 e. The topological polar surface area (TPSA) is 77.7 Å². The Balaban J connectivity index is 1.76. The van der Waals surface area contributed by atoms with Crippen LogP contribution < -0.4 is 0 Å². The van der Waals surface area contributed by atoms with Gasteiger partial charge in [0.25, 0.3) is 0 Å². The van der Waals surface area contributed by atoms with E-state index >= 15 is 0 Å². The second kappa shape index (κ2) is 7.21. The van der Waals surface area contributed by atoms with Crippen LogP contribution in [-0.4, -0.2) is 50.6 Å². The van der Waals surface area contributed by atoms with Crippen LogP contribution in [0, 0.1) is 0 Å². The van der Waals surface area contributed by atoms with Gasteiger partial charge in [-0.25, -0.2) is 4.79 Å². The van der Waals surface area contributed by atoms with Gasteiger partial charge in [-0.2, -0.15) is 0 Å². The summed E-state index contributed by atoms with van der Waals surface area (Å²) in [5.74, 6) is -0.849. The van der Waals surface area contributed by atoms with Crippen LogP contribution in [0.3, 0.4) is 0 Å². The molecule has 110 valence electrons. The van der Waals surface area contributed by atoms with E-state index in [0.29, 0.717) is 18.8 Å². The third kappa shape index (κ3) is 5.54. The zero-order chi connectivity index (χ0) is 14.4. The average Bonchev–Trinajstić information content (AvgIpc) is 3.31. The first kappa shape index (κ1) is 14.7. The number of esters is 2. The fraction of sp³-hybridized carbons (Fsp3) is 0.571. The minimum Gasteiger partial charge on any atom is -0.463 e. The van der Waals surface area contributed by atoms with Gasteiger partial charge in [0.1, 0.15) is 25.4 Å². The van der Waals surface area contributed by atoms with E-state index in [2.05, 4.69) is 0 Å². The fourth-order valence-electron chi connectivity index (χ4n) is 1.42. The maximum atomic E-state index is 11.8. The lowest BCUT2D eigenvalue weighted by atomic mass is 10.2. The maximum absolute atomic E-state index is 11.8. The Hall–Kier alpha value is -1.66. The summed E-state index contributed by atoms with van der Waals surface area (Å²) in [4.78, 5) is 23.2. The zero-order valence-electron chi connectivity index (χ0n) is 11.4. The number of hydrogen-bond acceptors (Lipinski definition) is 6. The van der Waals surface area contributed by atoms with E-state index in [-0.39, 0.29) is 37.8 Å². The quantitative estimate of drug-likeness (QED) is 0.283. The molecule has 0 radical (unpaired) electrons. The summed E-state index contributed by atoms with van der Waals surface area (Å²) in [7, 11) is 0. The highest BCUT2D eigenvalue weighted by atomic mass is 16.6. The second-order valence-electron chi connectivity index (χ2n) is 4.56. The summed E-state index contributed by atoms with van der Waals surface area (Å²) >= 11 is 0. The Labute approximate surface area is 117 Å². The Morgan fingerprint density at radius 1 is 1.15 bits per heavy atom. The van der Waals surface area contributed by atoms with E-state index in [1.165, 1.54) is 6.08 Å². The molecular formula is C14H18O6. The molecule has 2 saturated heterocycles. The molecule has 0 aromatic heterocycles. The number of hydrogen-bond donors (Lipinski definition) is 0. The lowest BCUT2D eigenvalue weighted by molar-refractivity contribution is -0.143. The van der Waals surface area contributed by atoms with Crippen molar-refractivity contribution in [3.05, 3.63) is 23.8 Å². The summed E-state index contributed by atoms with van der Waals surface area (Å²) in [6, 6.07) is 0. The molecule has 2 aliphatic rings. The first-order valence-electron chi connectivity index (χ1n) is 6.58. The monoisotopic (exact) mass is 282 g/mol. The molecule has 0 amide bonds. The molecule has 20 heavy (non-hydrogen) atoms. The van der Waals surface area contributed by atoms with Crippen molar-refractivity contribution in [3.63, 3.8) is 0 Å². The van der Waals surface area contributed by atoms with Crippen LogP contribution in [0.4, 0.5) is 0 Å². The lowest BCUT2D eigenvalue weighted by Crippen LogP contribution is -2.12. The Bertz CT molecular complexity index is 417. The molecule has 2 aliphatic heterocycles. The smallest absolute Gasteiger partial charge is 0.337 e. The summed E-state index contributed by atoms with van der Waals surface area (Å²) in [5, 5.41) is 0. The zero-order valence-corrected chi connectivity index (χ0v) is 11.4. The molecule has 0 N–H and O–H groups in total. The molecule has 2 rings (SSSR count). The molecule has 0 aliphatic carbocycles. The lowest BCUT2D eigenvalue weighted by Gasteiger charge is -2.04. The van der Waals surface area contributed by atoms with Gasteiger partial charge >= 0.3 is 11.9 Å². The minimum atomic E-state index is -0.461. The van der Waals surface area contributed by atoms with Crippen LogP contribution >= 0.6 is 0 Å². The fourth-order valence-corrected chi connectivity index (χ4v) is 1.42. The molecular weight excluding hydrogens is 264 g/mol. The molecule has 2 fully saturated rings. The van der Waals surface area contributed by atoms with Crippen molar-refractivity contribution in [2.45, 2.75) is 25.6 Å². The molecule has 2 atom stereocenters. The van der Waals surface area contributed by atoms with E-state index in [1.807, 2.05) is 0 Å². The SMILES string of the molecule is C/C=C\C(=C/CC(=O)OCC1CO1)C(=O)OCC1CO1. The summed E-state index contributed by atoms with van der Waals surface area (Å²) < 4.78 is 19.9. The van der Waals surface area contributed by atoms with Gasteiger partial charge in [-0.3, -0.25) is 4.79 Å². The van der Waals surface area contributed by atoms with E-state index in [4.69, 9.17) is 18.9 Å². The highest BCUT2D eigenvalue weighted by molar-refractivity contribution is 5.92. The van der Waals surface area contributed by atoms with E-state index in [0.717, 1.165) is 0 Å². The highest BCUT2D eigenvalue weighted by Crippen LogP contribution is 2.12. The van der Waals surface area contributed by atoms with Gasteiger partial charge in [0.05, 0.1) is 25.2 Å². The molecule has 2 heterocycles. The third-order valence-electron chi connectivity index (χ3n) is 2.71. The molecule has 2 unspecified atom stereocenters. The van der Waals surface area contributed by atoms with Crippen LogP contribution in [0.15, 0.2) is 23.8 Å². The Morgan fingerprint density at radius 3 is 2.30 bits per heavy atom. The van der Waals surface area contributed by atoms with Gasteiger partial charge in [-0.05, 0) is 6.92 Å². The van der Waals surface area contributed by atoms with Crippen LogP contribution in [-0.2, 0) is 28.5 Å². The normalized spacial score (nSPS) is 24.6.